The van der Waals surface area contributed by atoms with Crippen LogP contribution in [0, 0.1) is 0 Å². The summed E-state index contributed by atoms with van der Waals surface area (Å²) in [5.41, 5.74) is 0. The number of carbonyl (C=O) groups is 1. The predicted octanol–water partition coefficient (Wildman–Crippen LogP) is 4.86. The van der Waals surface area contributed by atoms with Gasteiger partial charge in [-0.3, -0.25) is 4.79 Å². The topological polar surface area (TPSA) is 57.5 Å². The SMILES string of the molecule is CCCCCCC=CC=CCCCCCC(O)CC(=O)O. The Balaban J connectivity index is 3.32. The Bertz CT molecular complexity index is 295. The number of unbranched alkanes of at least 4 members (excludes halogenated alkanes) is 7. The number of aliphatic hydroxyl groups excluding tert-OH is 1. The van der Waals surface area contributed by atoms with E-state index in [0.29, 0.717) is 6.42 Å². The second-order valence-corrected chi connectivity index (χ2v) is 5.60. The van der Waals surface area contributed by atoms with Crippen molar-refractivity contribution in [2.45, 2.75) is 83.7 Å². The summed E-state index contributed by atoms with van der Waals surface area (Å²) >= 11 is 0. The van der Waals surface area contributed by atoms with Gasteiger partial charge in [0.25, 0.3) is 0 Å². The number of carboxylic acid groups (broad SMARTS) is 1. The summed E-state index contributed by atoms with van der Waals surface area (Å²) in [5, 5.41) is 17.9. The molecule has 0 spiro atoms. The molecule has 0 aliphatic heterocycles. The van der Waals surface area contributed by atoms with Gasteiger partial charge in [-0.15, -0.1) is 0 Å². The molecule has 1 unspecified atom stereocenters. The number of carboxylic acids is 1. The van der Waals surface area contributed by atoms with Gasteiger partial charge in [0.2, 0.25) is 0 Å². The fourth-order valence-electron chi connectivity index (χ4n) is 2.16. The highest BCUT2D eigenvalue weighted by Gasteiger charge is 2.08. The van der Waals surface area contributed by atoms with E-state index in [0.717, 1.165) is 25.7 Å². The van der Waals surface area contributed by atoms with Crippen molar-refractivity contribution in [2.24, 2.45) is 0 Å². The first-order chi connectivity index (χ1) is 10.2. The molecule has 0 amide bonds. The Morgan fingerprint density at radius 3 is 2.05 bits per heavy atom. The zero-order valence-corrected chi connectivity index (χ0v) is 13.5. The van der Waals surface area contributed by atoms with Gasteiger partial charge in [-0.25, -0.2) is 0 Å². The lowest BCUT2D eigenvalue weighted by molar-refractivity contribution is -0.139. The Labute approximate surface area is 129 Å². The van der Waals surface area contributed by atoms with Crippen LogP contribution in [0.3, 0.4) is 0 Å². The maximum atomic E-state index is 10.4. The largest absolute Gasteiger partial charge is 0.481 e. The first-order valence-electron chi connectivity index (χ1n) is 8.38. The minimum absolute atomic E-state index is 0.136. The average molecular weight is 296 g/mol. The van der Waals surface area contributed by atoms with Gasteiger partial charge in [0, 0.05) is 0 Å². The van der Waals surface area contributed by atoms with Gasteiger partial charge in [0.05, 0.1) is 12.5 Å². The van der Waals surface area contributed by atoms with Crippen molar-refractivity contribution in [1.29, 1.82) is 0 Å². The number of aliphatic carboxylic acids is 1. The molecule has 0 aromatic rings. The zero-order chi connectivity index (χ0) is 15.8. The van der Waals surface area contributed by atoms with Crippen molar-refractivity contribution < 1.29 is 15.0 Å². The molecule has 3 heteroatoms. The molecule has 0 aliphatic rings. The lowest BCUT2D eigenvalue weighted by atomic mass is 10.1. The van der Waals surface area contributed by atoms with Crippen molar-refractivity contribution in [3.63, 3.8) is 0 Å². The number of hydrogen-bond donors (Lipinski definition) is 2. The molecule has 0 aromatic heterocycles. The van der Waals surface area contributed by atoms with Gasteiger partial charge >= 0.3 is 5.97 Å². The minimum Gasteiger partial charge on any atom is -0.481 e. The molecule has 0 fully saturated rings. The smallest absolute Gasteiger partial charge is 0.305 e. The summed E-state index contributed by atoms with van der Waals surface area (Å²) in [6.07, 6.45) is 18.9. The second kappa shape index (κ2) is 15.3. The third-order valence-corrected chi connectivity index (χ3v) is 3.43. The molecule has 0 saturated carbocycles. The summed E-state index contributed by atoms with van der Waals surface area (Å²) in [6.45, 7) is 2.23. The number of rotatable bonds is 14. The Morgan fingerprint density at radius 1 is 0.952 bits per heavy atom. The Hall–Kier alpha value is -1.09. The zero-order valence-electron chi connectivity index (χ0n) is 13.5. The van der Waals surface area contributed by atoms with Crippen LogP contribution in [0.1, 0.15) is 77.6 Å². The molecular weight excluding hydrogens is 264 g/mol. The molecule has 0 radical (unpaired) electrons. The van der Waals surface area contributed by atoms with E-state index in [-0.39, 0.29) is 6.42 Å². The van der Waals surface area contributed by atoms with Crippen LogP contribution in [-0.4, -0.2) is 22.3 Å². The van der Waals surface area contributed by atoms with Crippen molar-refractivity contribution in [2.75, 3.05) is 0 Å². The lowest BCUT2D eigenvalue weighted by Gasteiger charge is -2.06. The molecule has 0 bridgehead atoms. The molecule has 1 atom stereocenters. The van der Waals surface area contributed by atoms with Gasteiger partial charge < -0.3 is 10.2 Å². The number of allylic oxidation sites excluding steroid dienone is 4. The van der Waals surface area contributed by atoms with Crippen LogP contribution in [0.4, 0.5) is 0 Å². The van der Waals surface area contributed by atoms with E-state index in [1.54, 1.807) is 0 Å². The van der Waals surface area contributed by atoms with Crippen molar-refractivity contribution in [1.82, 2.24) is 0 Å². The fraction of sp³-hybridized carbons (Fsp3) is 0.722. The number of hydrogen-bond acceptors (Lipinski definition) is 2. The average Bonchev–Trinajstić information content (AvgIpc) is 2.43. The maximum Gasteiger partial charge on any atom is 0.305 e. The highest BCUT2D eigenvalue weighted by molar-refractivity contribution is 5.67. The van der Waals surface area contributed by atoms with E-state index in [9.17, 15) is 9.90 Å². The van der Waals surface area contributed by atoms with Crippen molar-refractivity contribution in [3.05, 3.63) is 24.3 Å². The summed E-state index contributed by atoms with van der Waals surface area (Å²) in [5.74, 6) is -0.924. The Morgan fingerprint density at radius 2 is 1.52 bits per heavy atom. The van der Waals surface area contributed by atoms with E-state index in [1.165, 1.54) is 32.1 Å². The van der Waals surface area contributed by atoms with Crippen LogP contribution in [-0.2, 0) is 4.79 Å². The molecule has 3 nitrogen and oxygen atoms in total. The quantitative estimate of drug-likeness (QED) is 0.355. The molecule has 0 saturated heterocycles. The van der Waals surface area contributed by atoms with Gasteiger partial charge in [-0.2, -0.15) is 0 Å². The van der Waals surface area contributed by atoms with Crippen LogP contribution in [0.2, 0.25) is 0 Å². The van der Waals surface area contributed by atoms with Crippen LogP contribution >= 0.6 is 0 Å². The lowest BCUT2D eigenvalue weighted by Crippen LogP contribution is -2.12. The van der Waals surface area contributed by atoms with Gasteiger partial charge in [-0.1, -0.05) is 63.3 Å². The van der Waals surface area contributed by atoms with Crippen molar-refractivity contribution >= 4 is 5.97 Å². The van der Waals surface area contributed by atoms with Crippen LogP contribution in [0.15, 0.2) is 24.3 Å². The first kappa shape index (κ1) is 19.9. The van der Waals surface area contributed by atoms with E-state index < -0.39 is 12.1 Å². The van der Waals surface area contributed by atoms with Gasteiger partial charge in [-0.05, 0) is 32.1 Å². The molecule has 122 valence electrons. The molecule has 21 heavy (non-hydrogen) atoms. The van der Waals surface area contributed by atoms with E-state index in [4.69, 9.17) is 5.11 Å². The second-order valence-electron chi connectivity index (χ2n) is 5.60. The third-order valence-electron chi connectivity index (χ3n) is 3.43. The van der Waals surface area contributed by atoms with E-state index >= 15 is 0 Å². The summed E-state index contributed by atoms with van der Waals surface area (Å²) < 4.78 is 0. The monoisotopic (exact) mass is 296 g/mol. The van der Waals surface area contributed by atoms with Crippen LogP contribution < -0.4 is 0 Å². The first-order valence-corrected chi connectivity index (χ1v) is 8.38. The summed E-state index contributed by atoms with van der Waals surface area (Å²) in [6, 6.07) is 0. The van der Waals surface area contributed by atoms with Crippen LogP contribution in [0.5, 0.6) is 0 Å². The van der Waals surface area contributed by atoms with Crippen LogP contribution in [0.25, 0.3) is 0 Å². The highest BCUT2D eigenvalue weighted by atomic mass is 16.4. The van der Waals surface area contributed by atoms with Gasteiger partial charge in [0.1, 0.15) is 0 Å². The summed E-state index contributed by atoms with van der Waals surface area (Å²) in [7, 11) is 0. The third kappa shape index (κ3) is 16.9. The Kier molecular flexibility index (Phi) is 14.5. The number of aliphatic hydroxyl groups is 1. The van der Waals surface area contributed by atoms with E-state index in [2.05, 4.69) is 31.2 Å². The predicted molar refractivity (Wildman–Crippen MR) is 88.4 cm³/mol. The van der Waals surface area contributed by atoms with E-state index in [1.807, 2.05) is 0 Å². The molecule has 0 aromatic carbocycles. The highest BCUT2D eigenvalue weighted by Crippen LogP contribution is 2.08. The molecule has 0 rings (SSSR count). The molecule has 0 heterocycles. The fourth-order valence-corrected chi connectivity index (χ4v) is 2.16. The normalized spacial score (nSPS) is 13.2. The minimum atomic E-state index is -0.924. The summed E-state index contributed by atoms with van der Waals surface area (Å²) in [4.78, 5) is 10.4. The standard InChI is InChI=1S/C18H32O3/c1-2-3-4-5-6-7-8-9-10-11-12-13-14-15-17(19)16-18(20)21/h7-10,17,19H,2-6,11-16H2,1H3,(H,20,21). The maximum absolute atomic E-state index is 10.4. The molecule has 2 N–H and O–H groups in total. The van der Waals surface area contributed by atoms with Gasteiger partial charge in [0.15, 0.2) is 0 Å². The molecular formula is C18H32O3. The molecule has 0 aliphatic carbocycles. The van der Waals surface area contributed by atoms with Crippen molar-refractivity contribution in [3.8, 4) is 0 Å².